The van der Waals surface area contributed by atoms with E-state index in [-0.39, 0.29) is 11.9 Å². The predicted molar refractivity (Wildman–Crippen MR) is 58.6 cm³/mol. The van der Waals surface area contributed by atoms with Crippen LogP contribution in [-0.2, 0) is 11.3 Å². The highest BCUT2D eigenvalue weighted by molar-refractivity contribution is 9.10. The van der Waals surface area contributed by atoms with Crippen molar-refractivity contribution in [2.75, 3.05) is 13.2 Å². The van der Waals surface area contributed by atoms with Crippen molar-refractivity contribution in [3.05, 3.63) is 33.8 Å². The van der Waals surface area contributed by atoms with E-state index in [4.69, 9.17) is 4.74 Å². The molecule has 0 bridgehead atoms. The lowest BCUT2D eigenvalue weighted by molar-refractivity contribution is -0.0540. The monoisotopic (exact) mass is 267 g/mol. The Morgan fingerprint density at radius 2 is 2.20 bits per heavy atom. The number of nitrogens with zero attached hydrogens (tertiary/aromatic N) is 1. The van der Waals surface area contributed by atoms with Crippen LogP contribution in [0, 0.1) is 0 Å². The van der Waals surface area contributed by atoms with Crippen molar-refractivity contribution < 1.29 is 9.53 Å². The van der Waals surface area contributed by atoms with Gasteiger partial charge in [0.25, 0.3) is 5.91 Å². The molecule has 78 valence electrons. The summed E-state index contributed by atoms with van der Waals surface area (Å²) in [5.41, 5.74) is 1.95. The molecule has 0 spiro atoms. The van der Waals surface area contributed by atoms with Crippen LogP contribution in [0.25, 0.3) is 0 Å². The van der Waals surface area contributed by atoms with Gasteiger partial charge < -0.3 is 9.64 Å². The molecule has 0 saturated carbocycles. The van der Waals surface area contributed by atoms with Crippen molar-refractivity contribution in [2.24, 2.45) is 0 Å². The zero-order valence-electron chi connectivity index (χ0n) is 8.07. The van der Waals surface area contributed by atoms with E-state index in [1.165, 1.54) is 0 Å². The highest BCUT2D eigenvalue weighted by Gasteiger charge is 2.36. The van der Waals surface area contributed by atoms with Crippen LogP contribution in [0.2, 0.25) is 0 Å². The third-order valence-electron chi connectivity index (χ3n) is 2.97. The zero-order valence-corrected chi connectivity index (χ0v) is 9.66. The standard InChI is InChI=1S/C11H10BrNO2/c12-8-2-1-7-4-13(9-5-15-6-9)11(14)10(7)3-8/h1-3,9H,4-6H2. The van der Waals surface area contributed by atoms with Crippen LogP contribution in [0.4, 0.5) is 0 Å². The van der Waals surface area contributed by atoms with Crippen LogP contribution in [0.15, 0.2) is 22.7 Å². The summed E-state index contributed by atoms with van der Waals surface area (Å²) in [6.07, 6.45) is 0. The minimum absolute atomic E-state index is 0.139. The van der Waals surface area contributed by atoms with Crippen LogP contribution in [-0.4, -0.2) is 30.1 Å². The fraction of sp³-hybridized carbons (Fsp3) is 0.364. The summed E-state index contributed by atoms with van der Waals surface area (Å²) in [7, 11) is 0. The summed E-state index contributed by atoms with van der Waals surface area (Å²) in [6, 6.07) is 6.17. The van der Waals surface area contributed by atoms with E-state index in [2.05, 4.69) is 15.9 Å². The van der Waals surface area contributed by atoms with Crippen LogP contribution >= 0.6 is 15.9 Å². The van der Waals surface area contributed by atoms with Gasteiger partial charge in [0.1, 0.15) is 0 Å². The number of hydrogen-bond donors (Lipinski definition) is 0. The number of ether oxygens (including phenoxy) is 1. The molecule has 1 aromatic carbocycles. The van der Waals surface area contributed by atoms with E-state index in [0.29, 0.717) is 13.2 Å². The molecule has 2 heterocycles. The van der Waals surface area contributed by atoms with Crippen LogP contribution in [0.1, 0.15) is 15.9 Å². The second-order valence-corrected chi connectivity index (χ2v) is 4.84. The van der Waals surface area contributed by atoms with Gasteiger partial charge in [-0.25, -0.2) is 0 Å². The fourth-order valence-electron chi connectivity index (χ4n) is 1.99. The van der Waals surface area contributed by atoms with Gasteiger partial charge >= 0.3 is 0 Å². The Balaban J connectivity index is 1.94. The van der Waals surface area contributed by atoms with Gasteiger partial charge in [-0.2, -0.15) is 0 Å². The van der Waals surface area contributed by atoms with Crippen molar-refractivity contribution >= 4 is 21.8 Å². The van der Waals surface area contributed by atoms with Crippen molar-refractivity contribution in [2.45, 2.75) is 12.6 Å². The van der Waals surface area contributed by atoms with Gasteiger partial charge in [-0.1, -0.05) is 22.0 Å². The highest BCUT2D eigenvalue weighted by Crippen LogP contribution is 2.28. The van der Waals surface area contributed by atoms with E-state index in [1.807, 2.05) is 23.1 Å². The summed E-state index contributed by atoms with van der Waals surface area (Å²) >= 11 is 3.38. The second kappa shape index (κ2) is 3.32. The SMILES string of the molecule is O=C1c2cc(Br)ccc2CN1C1COC1. The number of benzene rings is 1. The Labute approximate surface area is 96.1 Å². The lowest BCUT2D eigenvalue weighted by atomic mass is 10.1. The topological polar surface area (TPSA) is 29.5 Å². The number of carbonyl (C=O) groups is 1. The predicted octanol–water partition coefficient (Wildman–Crippen LogP) is 1.80. The average Bonchev–Trinajstić information content (AvgIpc) is 2.43. The van der Waals surface area contributed by atoms with Crippen molar-refractivity contribution in [1.82, 2.24) is 4.90 Å². The van der Waals surface area contributed by atoms with Gasteiger partial charge in [-0.3, -0.25) is 4.79 Å². The number of hydrogen-bond acceptors (Lipinski definition) is 2. The van der Waals surface area contributed by atoms with E-state index in [1.54, 1.807) is 0 Å². The van der Waals surface area contributed by atoms with E-state index in [0.717, 1.165) is 22.1 Å². The molecule has 3 nitrogen and oxygen atoms in total. The number of carbonyl (C=O) groups excluding carboxylic acids is 1. The maximum atomic E-state index is 12.0. The van der Waals surface area contributed by atoms with Crippen LogP contribution < -0.4 is 0 Å². The average molecular weight is 268 g/mol. The smallest absolute Gasteiger partial charge is 0.254 e. The van der Waals surface area contributed by atoms with Gasteiger partial charge in [0.2, 0.25) is 0 Å². The van der Waals surface area contributed by atoms with Gasteiger partial charge in [0.05, 0.1) is 19.3 Å². The maximum absolute atomic E-state index is 12.0. The maximum Gasteiger partial charge on any atom is 0.254 e. The Morgan fingerprint density at radius 3 is 2.87 bits per heavy atom. The molecule has 2 aliphatic rings. The summed E-state index contributed by atoms with van der Waals surface area (Å²) in [4.78, 5) is 13.9. The molecule has 2 aliphatic heterocycles. The lowest BCUT2D eigenvalue weighted by Gasteiger charge is -2.34. The Hall–Kier alpha value is -0.870. The van der Waals surface area contributed by atoms with Crippen LogP contribution in [0.5, 0.6) is 0 Å². The Morgan fingerprint density at radius 1 is 1.40 bits per heavy atom. The minimum Gasteiger partial charge on any atom is -0.377 e. The summed E-state index contributed by atoms with van der Waals surface area (Å²) in [5.74, 6) is 0.139. The molecule has 0 unspecified atom stereocenters. The first kappa shape index (κ1) is 9.36. The fourth-order valence-corrected chi connectivity index (χ4v) is 2.35. The molecular formula is C11H10BrNO2. The molecule has 1 saturated heterocycles. The minimum atomic E-state index is 0.139. The molecule has 3 rings (SSSR count). The number of amides is 1. The third-order valence-corrected chi connectivity index (χ3v) is 3.46. The van der Waals surface area contributed by atoms with Crippen molar-refractivity contribution in [1.29, 1.82) is 0 Å². The number of fused-ring (bicyclic) bond motifs is 1. The molecule has 15 heavy (non-hydrogen) atoms. The molecule has 1 fully saturated rings. The Kier molecular flexibility index (Phi) is 2.07. The Bertz CT molecular complexity index is 429. The molecular weight excluding hydrogens is 258 g/mol. The van der Waals surface area contributed by atoms with Gasteiger partial charge in [-0.05, 0) is 17.7 Å². The highest BCUT2D eigenvalue weighted by atomic mass is 79.9. The van der Waals surface area contributed by atoms with Crippen molar-refractivity contribution in [3.63, 3.8) is 0 Å². The molecule has 0 atom stereocenters. The van der Waals surface area contributed by atoms with Gasteiger partial charge in [-0.15, -0.1) is 0 Å². The normalized spacial score (nSPS) is 20.3. The molecule has 0 radical (unpaired) electrons. The summed E-state index contributed by atoms with van der Waals surface area (Å²) in [6.45, 7) is 2.09. The van der Waals surface area contributed by atoms with E-state index < -0.39 is 0 Å². The number of rotatable bonds is 1. The molecule has 4 heteroatoms. The molecule has 0 N–H and O–H groups in total. The van der Waals surface area contributed by atoms with Gasteiger partial charge in [0, 0.05) is 16.6 Å². The first-order chi connectivity index (χ1) is 7.25. The second-order valence-electron chi connectivity index (χ2n) is 3.93. The zero-order chi connectivity index (χ0) is 10.4. The third kappa shape index (κ3) is 1.40. The number of halogens is 1. The molecule has 1 amide bonds. The lowest BCUT2D eigenvalue weighted by Crippen LogP contribution is -2.48. The molecule has 0 aromatic heterocycles. The summed E-state index contributed by atoms with van der Waals surface area (Å²) in [5, 5.41) is 0. The van der Waals surface area contributed by atoms with E-state index in [9.17, 15) is 4.79 Å². The van der Waals surface area contributed by atoms with Crippen LogP contribution in [0.3, 0.4) is 0 Å². The quantitative estimate of drug-likeness (QED) is 0.777. The van der Waals surface area contributed by atoms with Gasteiger partial charge in [0.15, 0.2) is 0 Å². The first-order valence-electron chi connectivity index (χ1n) is 4.93. The first-order valence-corrected chi connectivity index (χ1v) is 5.72. The van der Waals surface area contributed by atoms with E-state index >= 15 is 0 Å². The summed E-state index contributed by atoms with van der Waals surface area (Å²) < 4.78 is 6.07. The molecule has 1 aromatic rings. The van der Waals surface area contributed by atoms with Crippen molar-refractivity contribution in [3.8, 4) is 0 Å². The largest absolute Gasteiger partial charge is 0.377 e. The molecule has 0 aliphatic carbocycles.